The molecule has 2 atom stereocenters. The Morgan fingerprint density at radius 1 is 1.31 bits per heavy atom. The summed E-state index contributed by atoms with van der Waals surface area (Å²) in [4.78, 5) is 2.28. The van der Waals surface area contributed by atoms with E-state index in [1.165, 1.54) is 19.3 Å². The van der Waals surface area contributed by atoms with E-state index in [4.69, 9.17) is 10.5 Å². The summed E-state index contributed by atoms with van der Waals surface area (Å²) in [7, 11) is 2.12. The predicted octanol–water partition coefficient (Wildman–Crippen LogP) is 0.587. The minimum absolute atomic E-state index is 0.222. The molecule has 2 aliphatic rings. The lowest BCUT2D eigenvalue weighted by Crippen LogP contribution is -2.52. The average Bonchev–Trinajstić information content (AvgIpc) is 1.99. The molecule has 3 nitrogen and oxygen atoms in total. The van der Waals surface area contributed by atoms with Crippen LogP contribution in [-0.4, -0.2) is 43.3 Å². The normalized spacial score (nSPS) is 37.4. The third-order valence-electron chi connectivity index (χ3n) is 3.21. The molecule has 0 radical (unpaired) electrons. The highest BCUT2D eigenvalue weighted by atomic mass is 16.5. The number of nitrogens with two attached hydrogens (primary N) is 1. The summed E-state index contributed by atoms with van der Waals surface area (Å²) in [5.41, 5.74) is 6.03. The number of piperidine rings is 1. The van der Waals surface area contributed by atoms with Crippen molar-refractivity contribution < 1.29 is 4.74 Å². The fourth-order valence-electron chi connectivity index (χ4n) is 2.05. The van der Waals surface area contributed by atoms with E-state index in [2.05, 4.69) is 11.9 Å². The minimum Gasteiger partial charge on any atom is -0.373 e. The quantitative estimate of drug-likeness (QED) is 0.682. The maximum absolute atomic E-state index is 6.03. The standard InChI is InChI=1S/C10H20N2O/c1-12-6-5-10(9(11)7-12)13-8-3-2-4-8/h8-10H,2-7,11H2,1H3. The van der Waals surface area contributed by atoms with Crippen molar-refractivity contribution in [3.8, 4) is 0 Å². The molecule has 0 bridgehead atoms. The Morgan fingerprint density at radius 2 is 2.08 bits per heavy atom. The van der Waals surface area contributed by atoms with Crippen LogP contribution in [0.3, 0.4) is 0 Å². The molecule has 1 aliphatic heterocycles. The summed E-state index contributed by atoms with van der Waals surface area (Å²) >= 11 is 0. The van der Waals surface area contributed by atoms with Crippen molar-refractivity contribution in [3.05, 3.63) is 0 Å². The van der Waals surface area contributed by atoms with Crippen LogP contribution in [0.5, 0.6) is 0 Å². The fraction of sp³-hybridized carbons (Fsp3) is 1.00. The van der Waals surface area contributed by atoms with Gasteiger partial charge < -0.3 is 15.4 Å². The molecule has 1 aliphatic carbocycles. The molecule has 3 heteroatoms. The number of ether oxygens (including phenoxy) is 1. The molecule has 13 heavy (non-hydrogen) atoms. The molecule has 1 saturated heterocycles. The van der Waals surface area contributed by atoms with Gasteiger partial charge in [-0.15, -0.1) is 0 Å². The second-order valence-corrected chi connectivity index (χ2v) is 4.44. The lowest BCUT2D eigenvalue weighted by Gasteiger charge is -2.38. The van der Waals surface area contributed by atoms with Crippen LogP contribution in [-0.2, 0) is 4.74 Å². The number of rotatable bonds is 2. The molecular weight excluding hydrogens is 164 g/mol. The Bertz CT molecular complexity index is 170. The monoisotopic (exact) mass is 184 g/mol. The Hall–Kier alpha value is -0.120. The zero-order valence-corrected chi connectivity index (χ0v) is 8.41. The first-order chi connectivity index (χ1) is 6.25. The van der Waals surface area contributed by atoms with E-state index in [1.54, 1.807) is 0 Å². The van der Waals surface area contributed by atoms with E-state index >= 15 is 0 Å². The van der Waals surface area contributed by atoms with Crippen molar-refractivity contribution in [1.82, 2.24) is 4.90 Å². The Kier molecular flexibility index (Phi) is 2.86. The molecule has 1 heterocycles. The SMILES string of the molecule is CN1CCC(OC2CCC2)C(N)C1. The van der Waals surface area contributed by atoms with Gasteiger partial charge in [0.1, 0.15) is 0 Å². The summed E-state index contributed by atoms with van der Waals surface area (Å²) in [5.74, 6) is 0. The maximum atomic E-state index is 6.03. The van der Waals surface area contributed by atoms with E-state index in [9.17, 15) is 0 Å². The second kappa shape index (κ2) is 3.95. The summed E-state index contributed by atoms with van der Waals surface area (Å²) in [6, 6.07) is 0.222. The van der Waals surface area contributed by atoms with E-state index < -0.39 is 0 Å². The van der Waals surface area contributed by atoms with Gasteiger partial charge in [-0.2, -0.15) is 0 Å². The van der Waals surface area contributed by atoms with Gasteiger partial charge in [0.2, 0.25) is 0 Å². The van der Waals surface area contributed by atoms with E-state index in [1.807, 2.05) is 0 Å². The predicted molar refractivity (Wildman–Crippen MR) is 52.6 cm³/mol. The third-order valence-corrected chi connectivity index (χ3v) is 3.21. The van der Waals surface area contributed by atoms with Crippen LogP contribution in [0.25, 0.3) is 0 Å². The van der Waals surface area contributed by atoms with E-state index in [0.29, 0.717) is 12.2 Å². The van der Waals surface area contributed by atoms with Crippen LogP contribution >= 0.6 is 0 Å². The van der Waals surface area contributed by atoms with Gasteiger partial charge in [0.05, 0.1) is 12.2 Å². The van der Waals surface area contributed by atoms with Gasteiger partial charge in [-0.25, -0.2) is 0 Å². The molecule has 1 saturated carbocycles. The summed E-state index contributed by atoms with van der Waals surface area (Å²) in [6.45, 7) is 2.11. The maximum Gasteiger partial charge on any atom is 0.0754 e. The van der Waals surface area contributed by atoms with E-state index in [-0.39, 0.29) is 6.04 Å². The molecule has 0 aromatic heterocycles. The molecule has 2 rings (SSSR count). The van der Waals surface area contributed by atoms with Crippen LogP contribution in [0, 0.1) is 0 Å². The van der Waals surface area contributed by atoms with Crippen LogP contribution in [0.15, 0.2) is 0 Å². The summed E-state index contributed by atoms with van der Waals surface area (Å²) < 4.78 is 5.94. The Morgan fingerprint density at radius 3 is 2.62 bits per heavy atom. The molecular formula is C10H20N2O. The van der Waals surface area contributed by atoms with Gasteiger partial charge in [-0.05, 0) is 32.7 Å². The van der Waals surface area contributed by atoms with Gasteiger partial charge in [0, 0.05) is 19.1 Å². The van der Waals surface area contributed by atoms with Gasteiger partial charge in [0.15, 0.2) is 0 Å². The number of likely N-dealkylation sites (N-methyl/N-ethyl adjacent to an activating group) is 1. The first kappa shape index (κ1) is 9.44. The van der Waals surface area contributed by atoms with Gasteiger partial charge >= 0.3 is 0 Å². The van der Waals surface area contributed by atoms with Crippen molar-refractivity contribution in [1.29, 1.82) is 0 Å². The first-order valence-corrected chi connectivity index (χ1v) is 5.35. The molecule has 2 N–H and O–H groups in total. The van der Waals surface area contributed by atoms with Crippen molar-refractivity contribution in [2.45, 2.75) is 43.9 Å². The molecule has 2 unspecified atom stereocenters. The van der Waals surface area contributed by atoms with Crippen LogP contribution in [0.2, 0.25) is 0 Å². The van der Waals surface area contributed by atoms with Gasteiger partial charge in [0.25, 0.3) is 0 Å². The zero-order valence-electron chi connectivity index (χ0n) is 8.41. The minimum atomic E-state index is 0.222. The molecule has 0 aromatic rings. The zero-order chi connectivity index (χ0) is 9.26. The number of hydrogen-bond acceptors (Lipinski definition) is 3. The lowest BCUT2D eigenvalue weighted by molar-refractivity contribution is -0.0798. The summed E-state index contributed by atoms with van der Waals surface area (Å²) in [6.07, 6.45) is 5.79. The average molecular weight is 184 g/mol. The second-order valence-electron chi connectivity index (χ2n) is 4.44. The number of nitrogens with zero attached hydrogens (tertiary/aromatic N) is 1. The first-order valence-electron chi connectivity index (χ1n) is 5.35. The summed E-state index contributed by atoms with van der Waals surface area (Å²) in [5, 5.41) is 0. The van der Waals surface area contributed by atoms with E-state index in [0.717, 1.165) is 19.5 Å². The lowest BCUT2D eigenvalue weighted by atomic mass is 9.95. The number of hydrogen-bond donors (Lipinski definition) is 1. The van der Waals surface area contributed by atoms with Crippen LogP contribution in [0.1, 0.15) is 25.7 Å². The Balaban J connectivity index is 1.77. The highest BCUT2D eigenvalue weighted by molar-refractivity contribution is 4.84. The molecule has 0 amide bonds. The topological polar surface area (TPSA) is 38.5 Å². The highest BCUT2D eigenvalue weighted by Gasteiger charge is 2.29. The molecule has 0 aromatic carbocycles. The number of likely N-dealkylation sites (tertiary alicyclic amines) is 1. The highest BCUT2D eigenvalue weighted by Crippen LogP contribution is 2.25. The van der Waals surface area contributed by atoms with Crippen molar-refractivity contribution in [3.63, 3.8) is 0 Å². The molecule has 0 spiro atoms. The van der Waals surface area contributed by atoms with Crippen molar-refractivity contribution in [2.75, 3.05) is 20.1 Å². The molecule has 76 valence electrons. The van der Waals surface area contributed by atoms with Crippen molar-refractivity contribution >= 4 is 0 Å². The third kappa shape index (κ3) is 2.22. The van der Waals surface area contributed by atoms with Gasteiger partial charge in [-0.1, -0.05) is 0 Å². The molecule has 2 fully saturated rings. The van der Waals surface area contributed by atoms with Crippen molar-refractivity contribution in [2.24, 2.45) is 5.73 Å². The van der Waals surface area contributed by atoms with Crippen LogP contribution < -0.4 is 5.73 Å². The van der Waals surface area contributed by atoms with Gasteiger partial charge in [-0.3, -0.25) is 0 Å². The smallest absolute Gasteiger partial charge is 0.0754 e. The largest absolute Gasteiger partial charge is 0.373 e. The Labute approximate surface area is 80.2 Å². The van der Waals surface area contributed by atoms with Crippen LogP contribution in [0.4, 0.5) is 0 Å². The fourth-order valence-corrected chi connectivity index (χ4v) is 2.05.